The van der Waals surface area contributed by atoms with Crippen molar-refractivity contribution in [3.05, 3.63) is 54.2 Å². The number of nitrogen functional groups attached to an aromatic ring is 1. The van der Waals surface area contributed by atoms with Crippen LogP contribution in [0.25, 0.3) is 22.0 Å². The fraction of sp³-hybridized carbons (Fsp3) is 0.211. The molecule has 0 spiro atoms. The van der Waals surface area contributed by atoms with Crippen LogP contribution in [0.15, 0.2) is 48.7 Å². The van der Waals surface area contributed by atoms with Gasteiger partial charge in [-0.1, -0.05) is 36.5 Å². The number of rotatable bonds is 5. The Morgan fingerprint density at radius 1 is 1.25 bits per heavy atom. The Bertz CT molecular complexity index is 899. The van der Waals surface area contributed by atoms with Gasteiger partial charge in [0, 0.05) is 34.9 Å². The Morgan fingerprint density at radius 2 is 2.04 bits per heavy atom. The van der Waals surface area contributed by atoms with Gasteiger partial charge in [-0.15, -0.1) is 0 Å². The van der Waals surface area contributed by atoms with Crippen LogP contribution in [0.4, 0.5) is 5.69 Å². The number of thiocarbonyl (C=S) groups is 1. The molecule has 3 aromatic rings. The van der Waals surface area contributed by atoms with E-state index in [4.69, 9.17) is 23.7 Å². The van der Waals surface area contributed by atoms with Crippen molar-refractivity contribution >= 4 is 33.8 Å². The van der Waals surface area contributed by atoms with Crippen LogP contribution in [0.2, 0.25) is 0 Å². The maximum absolute atomic E-state index is 9.60. The Balaban J connectivity index is 2.14. The highest BCUT2D eigenvalue weighted by Gasteiger charge is 2.12. The predicted molar refractivity (Wildman–Crippen MR) is 104 cm³/mol. The van der Waals surface area contributed by atoms with Crippen molar-refractivity contribution in [3.8, 4) is 11.1 Å². The summed E-state index contributed by atoms with van der Waals surface area (Å²) in [6.45, 7) is 2.53. The molecular weight excluding hydrogens is 318 g/mol. The summed E-state index contributed by atoms with van der Waals surface area (Å²) in [7, 11) is 0. The molecule has 5 N–H and O–H groups in total. The van der Waals surface area contributed by atoms with Crippen molar-refractivity contribution in [1.29, 1.82) is 0 Å². The molecule has 4 nitrogen and oxygen atoms in total. The molecule has 0 bridgehead atoms. The highest BCUT2D eigenvalue weighted by Crippen LogP contribution is 2.32. The van der Waals surface area contributed by atoms with Gasteiger partial charge in [-0.2, -0.15) is 0 Å². The molecule has 5 heteroatoms. The van der Waals surface area contributed by atoms with Gasteiger partial charge in [0.25, 0.3) is 0 Å². The van der Waals surface area contributed by atoms with Crippen molar-refractivity contribution in [3.63, 3.8) is 0 Å². The Kier molecular flexibility index (Phi) is 4.55. The summed E-state index contributed by atoms with van der Waals surface area (Å²) < 4.78 is 2.14. The van der Waals surface area contributed by atoms with Crippen LogP contribution in [0.1, 0.15) is 18.9 Å². The first kappa shape index (κ1) is 16.5. The fourth-order valence-electron chi connectivity index (χ4n) is 2.89. The van der Waals surface area contributed by atoms with Gasteiger partial charge in [-0.05, 0) is 37.1 Å². The molecule has 1 atom stereocenters. The number of benzene rings is 2. The van der Waals surface area contributed by atoms with Crippen LogP contribution in [-0.4, -0.2) is 20.8 Å². The van der Waals surface area contributed by atoms with E-state index in [0.29, 0.717) is 11.4 Å². The van der Waals surface area contributed by atoms with Crippen LogP contribution in [0.3, 0.4) is 0 Å². The van der Waals surface area contributed by atoms with E-state index in [0.717, 1.165) is 39.8 Å². The minimum atomic E-state index is -0.343. The zero-order valence-corrected chi connectivity index (χ0v) is 14.4. The van der Waals surface area contributed by atoms with E-state index < -0.39 is 0 Å². The summed E-state index contributed by atoms with van der Waals surface area (Å²) in [5, 5.41) is 10.7. The van der Waals surface area contributed by atoms with Gasteiger partial charge in [0.05, 0.1) is 11.6 Å². The topological polar surface area (TPSA) is 77.2 Å². The molecule has 1 heterocycles. The van der Waals surface area contributed by atoms with Crippen molar-refractivity contribution in [2.45, 2.75) is 26.0 Å². The third-order valence-electron chi connectivity index (χ3n) is 4.15. The van der Waals surface area contributed by atoms with E-state index in [1.807, 2.05) is 42.5 Å². The van der Waals surface area contributed by atoms with Crippen LogP contribution < -0.4 is 11.5 Å². The second-order valence-electron chi connectivity index (χ2n) is 6.10. The first-order chi connectivity index (χ1) is 11.5. The van der Waals surface area contributed by atoms with Crippen LogP contribution >= 0.6 is 12.2 Å². The number of aliphatic hydroxyl groups excluding tert-OH is 1. The third kappa shape index (κ3) is 3.27. The van der Waals surface area contributed by atoms with Gasteiger partial charge >= 0.3 is 0 Å². The predicted octanol–water partition coefficient (Wildman–Crippen LogP) is 3.30. The number of aryl methyl sites for hydroxylation is 1. The first-order valence-corrected chi connectivity index (χ1v) is 8.33. The van der Waals surface area contributed by atoms with Gasteiger partial charge in [0.2, 0.25) is 0 Å². The number of nitrogens with zero attached hydrogens (tertiary/aromatic N) is 1. The summed E-state index contributed by atoms with van der Waals surface area (Å²) >= 11 is 5.09. The molecule has 3 rings (SSSR count). The van der Waals surface area contributed by atoms with E-state index in [2.05, 4.69) is 10.8 Å². The van der Waals surface area contributed by atoms with E-state index in [9.17, 15) is 5.11 Å². The van der Waals surface area contributed by atoms with Crippen LogP contribution in [0.5, 0.6) is 0 Å². The van der Waals surface area contributed by atoms with Gasteiger partial charge in [0.1, 0.15) is 4.99 Å². The SMILES string of the molecule is CC(O)CCn1cc(-c2cccc(C(N)=S)c2)c2ccc(N)cc21. The molecule has 0 fully saturated rings. The molecule has 0 aliphatic heterocycles. The number of fused-ring (bicyclic) bond motifs is 1. The average Bonchev–Trinajstić information content (AvgIpc) is 2.91. The Hall–Kier alpha value is -2.37. The molecule has 2 aromatic carbocycles. The van der Waals surface area contributed by atoms with E-state index in [1.165, 1.54) is 0 Å². The lowest BCUT2D eigenvalue weighted by atomic mass is 10.0. The summed E-state index contributed by atoms with van der Waals surface area (Å²) in [5.74, 6) is 0. The molecular formula is C19H21N3OS. The normalized spacial score (nSPS) is 12.4. The number of aromatic nitrogens is 1. The first-order valence-electron chi connectivity index (χ1n) is 7.92. The molecule has 0 aliphatic rings. The van der Waals surface area contributed by atoms with Crippen molar-refractivity contribution < 1.29 is 5.11 Å². The number of aliphatic hydroxyl groups is 1. The van der Waals surface area contributed by atoms with E-state index in [1.54, 1.807) is 6.92 Å². The fourth-order valence-corrected chi connectivity index (χ4v) is 3.02. The quantitative estimate of drug-likeness (QED) is 0.492. The Morgan fingerprint density at radius 3 is 2.75 bits per heavy atom. The van der Waals surface area contributed by atoms with Crippen LogP contribution in [0, 0.1) is 0 Å². The Labute approximate surface area is 146 Å². The van der Waals surface area contributed by atoms with Crippen molar-refractivity contribution in [2.75, 3.05) is 5.73 Å². The number of hydrogen-bond donors (Lipinski definition) is 3. The number of anilines is 1. The minimum absolute atomic E-state index is 0.343. The monoisotopic (exact) mass is 339 g/mol. The molecule has 0 aliphatic carbocycles. The molecule has 124 valence electrons. The smallest absolute Gasteiger partial charge is 0.104 e. The number of hydrogen-bond acceptors (Lipinski definition) is 3. The minimum Gasteiger partial charge on any atom is -0.399 e. The molecule has 0 amide bonds. The second kappa shape index (κ2) is 6.63. The summed E-state index contributed by atoms with van der Waals surface area (Å²) in [4.78, 5) is 0.388. The van der Waals surface area contributed by atoms with E-state index >= 15 is 0 Å². The second-order valence-corrected chi connectivity index (χ2v) is 6.54. The summed E-state index contributed by atoms with van der Waals surface area (Å²) in [6, 6.07) is 13.8. The summed E-state index contributed by atoms with van der Waals surface area (Å²) in [6.07, 6.45) is 2.45. The third-order valence-corrected chi connectivity index (χ3v) is 4.39. The lowest BCUT2D eigenvalue weighted by molar-refractivity contribution is 0.178. The van der Waals surface area contributed by atoms with Gasteiger partial charge < -0.3 is 21.1 Å². The molecule has 24 heavy (non-hydrogen) atoms. The average molecular weight is 339 g/mol. The summed E-state index contributed by atoms with van der Waals surface area (Å²) in [5.41, 5.74) is 16.5. The van der Waals surface area contributed by atoms with E-state index in [-0.39, 0.29) is 6.10 Å². The highest BCUT2D eigenvalue weighted by atomic mass is 32.1. The van der Waals surface area contributed by atoms with Gasteiger partial charge in [-0.3, -0.25) is 0 Å². The van der Waals surface area contributed by atoms with Crippen LogP contribution in [-0.2, 0) is 6.54 Å². The lowest BCUT2D eigenvalue weighted by Gasteiger charge is -2.07. The lowest BCUT2D eigenvalue weighted by Crippen LogP contribution is -2.08. The molecule has 0 saturated carbocycles. The molecule has 0 saturated heterocycles. The zero-order chi connectivity index (χ0) is 17.3. The van der Waals surface area contributed by atoms with Crippen molar-refractivity contribution in [2.24, 2.45) is 5.73 Å². The molecule has 1 aromatic heterocycles. The molecule has 0 radical (unpaired) electrons. The molecule has 1 unspecified atom stereocenters. The van der Waals surface area contributed by atoms with Crippen molar-refractivity contribution in [1.82, 2.24) is 4.57 Å². The standard InChI is InChI=1S/C19H21N3OS/c1-12(23)7-8-22-11-17(16-6-5-15(20)10-18(16)22)13-3-2-4-14(9-13)19(21)24/h2-6,9-12,23H,7-8,20H2,1H3,(H2,21,24). The largest absolute Gasteiger partial charge is 0.399 e. The highest BCUT2D eigenvalue weighted by molar-refractivity contribution is 7.80. The van der Waals surface area contributed by atoms with Gasteiger partial charge in [0.15, 0.2) is 0 Å². The maximum atomic E-state index is 9.60. The number of nitrogens with two attached hydrogens (primary N) is 2. The zero-order valence-electron chi connectivity index (χ0n) is 13.6. The van der Waals surface area contributed by atoms with Gasteiger partial charge in [-0.25, -0.2) is 0 Å². The maximum Gasteiger partial charge on any atom is 0.104 e.